The molecule has 0 aliphatic carbocycles. The van der Waals surface area contributed by atoms with Crippen molar-refractivity contribution in [2.75, 3.05) is 40.5 Å². The Labute approximate surface area is 220 Å². The van der Waals surface area contributed by atoms with Crippen LogP contribution >= 0.6 is 0 Å². The predicted molar refractivity (Wildman–Crippen MR) is 147 cm³/mol. The summed E-state index contributed by atoms with van der Waals surface area (Å²) in [6.45, 7) is 4.50. The van der Waals surface area contributed by atoms with Gasteiger partial charge >= 0.3 is 0 Å². The van der Waals surface area contributed by atoms with Crippen molar-refractivity contribution in [2.24, 2.45) is 0 Å². The van der Waals surface area contributed by atoms with E-state index in [9.17, 15) is 8.42 Å². The zero-order chi connectivity index (χ0) is 26.0. The van der Waals surface area contributed by atoms with Gasteiger partial charge in [0, 0.05) is 38.2 Å². The van der Waals surface area contributed by atoms with Gasteiger partial charge in [-0.3, -0.25) is 4.90 Å². The summed E-state index contributed by atoms with van der Waals surface area (Å²) in [5.74, 6) is 1.04. The summed E-state index contributed by atoms with van der Waals surface area (Å²) in [5.41, 5.74) is 4.25. The fourth-order valence-corrected chi connectivity index (χ4v) is 7.69. The fourth-order valence-electron chi connectivity index (χ4n) is 5.96. The third kappa shape index (κ3) is 5.06. The molecule has 0 amide bonds. The van der Waals surface area contributed by atoms with Crippen LogP contribution in [0.5, 0.6) is 5.75 Å². The standard InChI is InChI=1S/C30H36N2O4S/c1-22-9-4-5-12-29(22)37(33,34)31-17-6-7-18-32-27(20-31)30(28(32)21-35-2)24-15-13-23(14-16-24)25-10-8-11-26(19-25)36-3/h4-5,8-16,19,27-28,30H,6-7,17-18,20-21H2,1-3H3/t27-,28?,30-/m0/s1. The highest BCUT2D eigenvalue weighted by molar-refractivity contribution is 7.89. The first-order valence-corrected chi connectivity index (χ1v) is 14.4. The highest BCUT2D eigenvalue weighted by atomic mass is 32.2. The Kier molecular flexibility index (Phi) is 7.67. The average molecular weight is 521 g/mol. The Morgan fingerprint density at radius 2 is 1.65 bits per heavy atom. The Balaban J connectivity index is 1.44. The van der Waals surface area contributed by atoms with Gasteiger partial charge in [-0.15, -0.1) is 0 Å². The van der Waals surface area contributed by atoms with Gasteiger partial charge in [-0.25, -0.2) is 8.42 Å². The minimum Gasteiger partial charge on any atom is -0.497 e. The van der Waals surface area contributed by atoms with Crippen LogP contribution in [0.15, 0.2) is 77.7 Å². The molecule has 3 aromatic carbocycles. The van der Waals surface area contributed by atoms with Crippen molar-refractivity contribution in [3.05, 3.63) is 83.9 Å². The molecule has 2 fully saturated rings. The van der Waals surface area contributed by atoms with Crippen LogP contribution < -0.4 is 4.74 Å². The number of ether oxygens (including phenoxy) is 2. The van der Waals surface area contributed by atoms with Crippen molar-refractivity contribution in [3.8, 4) is 16.9 Å². The second-order valence-electron chi connectivity index (χ2n) is 10.0. The molecule has 2 saturated heterocycles. The quantitative estimate of drug-likeness (QED) is 0.442. The molecule has 5 rings (SSSR count). The van der Waals surface area contributed by atoms with E-state index in [0.717, 1.165) is 41.8 Å². The lowest BCUT2D eigenvalue weighted by atomic mass is 9.74. The number of methoxy groups -OCH3 is 2. The molecular formula is C30H36N2O4S. The maximum absolute atomic E-state index is 13.7. The van der Waals surface area contributed by atoms with E-state index in [2.05, 4.69) is 35.2 Å². The third-order valence-electron chi connectivity index (χ3n) is 7.89. The molecule has 3 aromatic rings. The minimum absolute atomic E-state index is 0.113. The molecule has 0 N–H and O–H groups in total. The molecule has 3 atom stereocenters. The summed E-state index contributed by atoms with van der Waals surface area (Å²) in [4.78, 5) is 2.87. The van der Waals surface area contributed by atoms with Gasteiger partial charge in [0.1, 0.15) is 5.75 Å². The molecule has 0 bridgehead atoms. The smallest absolute Gasteiger partial charge is 0.243 e. The minimum atomic E-state index is -3.58. The van der Waals surface area contributed by atoms with Gasteiger partial charge in [-0.1, -0.05) is 54.6 Å². The lowest BCUT2D eigenvalue weighted by Gasteiger charge is -2.57. The van der Waals surface area contributed by atoms with Crippen LogP contribution in [0, 0.1) is 6.92 Å². The van der Waals surface area contributed by atoms with Gasteiger partial charge in [0.05, 0.1) is 18.6 Å². The van der Waals surface area contributed by atoms with Crippen molar-refractivity contribution < 1.29 is 17.9 Å². The molecule has 37 heavy (non-hydrogen) atoms. The van der Waals surface area contributed by atoms with E-state index >= 15 is 0 Å². The topological polar surface area (TPSA) is 59.1 Å². The summed E-state index contributed by atoms with van der Waals surface area (Å²) in [6.07, 6.45) is 1.83. The van der Waals surface area contributed by atoms with Crippen molar-refractivity contribution in [2.45, 2.75) is 42.7 Å². The molecule has 0 spiro atoms. The van der Waals surface area contributed by atoms with Gasteiger partial charge in [-0.2, -0.15) is 4.31 Å². The van der Waals surface area contributed by atoms with Crippen LogP contribution in [-0.4, -0.2) is 70.2 Å². The van der Waals surface area contributed by atoms with Crippen LogP contribution in [0.3, 0.4) is 0 Å². The summed E-state index contributed by atoms with van der Waals surface area (Å²) in [7, 11) is -0.152. The fraction of sp³-hybridized carbons (Fsp3) is 0.400. The lowest BCUT2D eigenvalue weighted by molar-refractivity contribution is -0.0635. The highest BCUT2D eigenvalue weighted by Crippen LogP contribution is 2.43. The summed E-state index contributed by atoms with van der Waals surface area (Å²) in [5, 5.41) is 0. The van der Waals surface area contributed by atoms with Crippen molar-refractivity contribution >= 4 is 10.0 Å². The Morgan fingerprint density at radius 3 is 2.38 bits per heavy atom. The van der Waals surface area contributed by atoms with E-state index in [-0.39, 0.29) is 18.0 Å². The molecule has 2 aliphatic heterocycles. The monoisotopic (exact) mass is 520 g/mol. The molecule has 2 aliphatic rings. The maximum atomic E-state index is 13.7. The molecule has 196 valence electrons. The normalized spacial score (nSPS) is 22.9. The number of sulfonamides is 1. The number of hydrogen-bond donors (Lipinski definition) is 0. The molecule has 2 heterocycles. The SMILES string of the molecule is COCC1[C@@H](c2ccc(-c3cccc(OC)c3)cc2)[C@@H]2CN(S(=O)(=O)c3ccccc3C)CCCCN12. The van der Waals surface area contributed by atoms with E-state index in [4.69, 9.17) is 9.47 Å². The lowest BCUT2D eigenvalue weighted by Crippen LogP contribution is -2.68. The summed E-state index contributed by atoms with van der Waals surface area (Å²) >= 11 is 0. The zero-order valence-corrected chi connectivity index (χ0v) is 22.7. The number of rotatable bonds is 7. The molecular weight excluding hydrogens is 484 g/mol. The van der Waals surface area contributed by atoms with Crippen LogP contribution in [0.2, 0.25) is 0 Å². The van der Waals surface area contributed by atoms with Gasteiger partial charge in [0.2, 0.25) is 10.0 Å². The van der Waals surface area contributed by atoms with Crippen LogP contribution in [0.25, 0.3) is 11.1 Å². The molecule has 6 nitrogen and oxygen atoms in total. The summed E-state index contributed by atoms with van der Waals surface area (Å²) < 4.78 is 40.2. The van der Waals surface area contributed by atoms with E-state index in [1.165, 1.54) is 5.56 Å². The Hall–Kier alpha value is -2.71. The van der Waals surface area contributed by atoms with E-state index in [1.807, 2.05) is 37.3 Å². The van der Waals surface area contributed by atoms with Crippen LogP contribution in [0.1, 0.15) is 29.9 Å². The molecule has 7 heteroatoms. The first kappa shape index (κ1) is 25.9. The predicted octanol–water partition coefficient (Wildman–Crippen LogP) is 4.94. The first-order valence-electron chi connectivity index (χ1n) is 13.0. The average Bonchev–Trinajstić information content (AvgIpc) is 2.90. The van der Waals surface area contributed by atoms with E-state index in [0.29, 0.717) is 24.6 Å². The third-order valence-corrected chi connectivity index (χ3v) is 9.92. The number of benzene rings is 3. The van der Waals surface area contributed by atoms with Crippen LogP contribution in [0.4, 0.5) is 0 Å². The van der Waals surface area contributed by atoms with Crippen molar-refractivity contribution in [3.63, 3.8) is 0 Å². The van der Waals surface area contributed by atoms with Gasteiger partial charge < -0.3 is 9.47 Å². The second-order valence-corrected chi connectivity index (χ2v) is 11.9. The van der Waals surface area contributed by atoms with Crippen LogP contribution in [-0.2, 0) is 14.8 Å². The van der Waals surface area contributed by atoms with E-state index in [1.54, 1.807) is 30.7 Å². The van der Waals surface area contributed by atoms with Gasteiger partial charge in [-0.05, 0) is 66.8 Å². The molecule has 0 radical (unpaired) electrons. The number of aryl methyl sites for hydroxylation is 1. The largest absolute Gasteiger partial charge is 0.497 e. The van der Waals surface area contributed by atoms with Gasteiger partial charge in [0.25, 0.3) is 0 Å². The van der Waals surface area contributed by atoms with Crippen molar-refractivity contribution in [1.29, 1.82) is 0 Å². The number of hydrogen-bond acceptors (Lipinski definition) is 5. The Bertz CT molecular complexity index is 1330. The van der Waals surface area contributed by atoms with Gasteiger partial charge in [0.15, 0.2) is 0 Å². The molecule has 1 unspecified atom stereocenters. The van der Waals surface area contributed by atoms with Crippen molar-refractivity contribution in [1.82, 2.24) is 9.21 Å². The highest BCUT2D eigenvalue weighted by Gasteiger charge is 2.50. The first-order chi connectivity index (χ1) is 17.9. The van der Waals surface area contributed by atoms with E-state index < -0.39 is 10.0 Å². The number of nitrogens with zero attached hydrogens (tertiary/aromatic N) is 2. The molecule has 0 saturated carbocycles. The molecule has 0 aromatic heterocycles. The second kappa shape index (κ2) is 11.0. The number of fused-ring (bicyclic) bond motifs is 1. The maximum Gasteiger partial charge on any atom is 0.243 e. The Morgan fingerprint density at radius 1 is 0.892 bits per heavy atom. The summed E-state index contributed by atoms with van der Waals surface area (Å²) in [6, 6.07) is 24.4. The zero-order valence-electron chi connectivity index (χ0n) is 21.8.